The van der Waals surface area contributed by atoms with Gasteiger partial charge in [0.15, 0.2) is 5.82 Å². The fourth-order valence-electron chi connectivity index (χ4n) is 2.79. The van der Waals surface area contributed by atoms with E-state index in [9.17, 15) is 0 Å². The molecule has 3 rings (SSSR count). The van der Waals surface area contributed by atoms with Crippen LogP contribution in [-0.2, 0) is 22.6 Å². The molecule has 0 amide bonds. The Morgan fingerprint density at radius 3 is 2.91 bits per heavy atom. The lowest BCUT2D eigenvalue weighted by Gasteiger charge is -2.13. The topological polar surface area (TPSA) is 85.0 Å². The molecule has 0 aliphatic carbocycles. The summed E-state index contributed by atoms with van der Waals surface area (Å²) in [5, 5.41) is 10.6. The van der Waals surface area contributed by atoms with Crippen LogP contribution < -0.4 is 5.32 Å². The van der Waals surface area contributed by atoms with Gasteiger partial charge in [-0.25, -0.2) is 9.97 Å². The molecule has 124 valence electrons. The zero-order valence-electron chi connectivity index (χ0n) is 13.8. The van der Waals surface area contributed by atoms with E-state index in [2.05, 4.69) is 25.5 Å². The number of aromatic amines is 1. The van der Waals surface area contributed by atoms with Crippen LogP contribution in [0.25, 0.3) is 0 Å². The first-order valence-electron chi connectivity index (χ1n) is 7.86. The number of nitrogens with one attached hydrogen (secondary N) is 2. The zero-order valence-corrected chi connectivity index (χ0v) is 13.8. The number of H-pyrrole nitrogens is 1. The summed E-state index contributed by atoms with van der Waals surface area (Å²) in [6.45, 7) is 6.62. The molecule has 0 bridgehead atoms. The van der Waals surface area contributed by atoms with Crippen molar-refractivity contribution in [1.82, 2.24) is 20.2 Å². The van der Waals surface area contributed by atoms with Gasteiger partial charge in [0.25, 0.3) is 0 Å². The lowest BCUT2D eigenvalue weighted by atomic mass is 10.0. The SMILES string of the molecule is COCc1nc(NCc2c(C)n[nH]c2C)cc(C2CCOC2)n1. The van der Waals surface area contributed by atoms with Crippen LogP contribution >= 0.6 is 0 Å². The molecule has 2 aromatic rings. The van der Waals surface area contributed by atoms with Crippen molar-refractivity contribution in [3.63, 3.8) is 0 Å². The van der Waals surface area contributed by atoms with Crippen LogP contribution in [0.3, 0.4) is 0 Å². The molecule has 1 atom stereocenters. The molecule has 0 spiro atoms. The van der Waals surface area contributed by atoms with Crippen molar-refractivity contribution in [3.8, 4) is 0 Å². The molecule has 1 saturated heterocycles. The maximum atomic E-state index is 5.48. The standard InChI is InChI=1S/C16H23N5O2/c1-10-13(11(2)21-20-10)7-17-15-6-14(12-4-5-23-8-12)18-16(19-15)9-22-3/h6,12H,4-5,7-9H2,1-3H3,(H,20,21)(H,17,18,19). The van der Waals surface area contributed by atoms with E-state index < -0.39 is 0 Å². The Bertz CT molecular complexity index is 645. The Balaban J connectivity index is 1.79. The largest absolute Gasteiger partial charge is 0.381 e. The van der Waals surface area contributed by atoms with Crippen LogP contribution in [0.1, 0.15) is 40.8 Å². The third kappa shape index (κ3) is 3.68. The molecule has 7 heteroatoms. The maximum Gasteiger partial charge on any atom is 0.156 e. The Morgan fingerprint density at radius 2 is 2.26 bits per heavy atom. The average Bonchev–Trinajstić information content (AvgIpc) is 3.17. The average molecular weight is 317 g/mol. The van der Waals surface area contributed by atoms with Crippen LogP contribution in [0.15, 0.2) is 6.07 Å². The van der Waals surface area contributed by atoms with Gasteiger partial charge >= 0.3 is 0 Å². The van der Waals surface area contributed by atoms with E-state index in [1.807, 2.05) is 19.9 Å². The Labute approximate surface area is 135 Å². The van der Waals surface area contributed by atoms with E-state index in [0.29, 0.717) is 24.9 Å². The molecular formula is C16H23N5O2. The van der Waals surface area contributed by atoms with Gasteiger partial charge in [-0.2, -0.15) is 5.10 Å². The summed E-state index contributed by atoms with van der Waals surface area (Å²) < 4.78 is 10.7. The molecule has 1 fully saturated rings. The van der Waals surface area contributed by atoms with E-state index in [1.54, 1.807) is 7.11 Å². The number of hydrogen-bond donors (Lipinski definition) is 2. The van der Waals surface area contributed by atoms with Crippen molar-refractivity contribution >= 4 is 5.82 Å². The highest BCUT2D eigenvalue weighted by Crippen LogP contribution is 2.25. The molecule has 1 unspecified atom stereocenters. The summed E-state index contributed by atoms with van der Waals surface area (Å²) in [4.78, 5) is 9.15. The quantitative estimate of drug-likeness (QED) is 0.848. The molecule has 7 nitrogen and oxygen atoms in total. The summed E-state index contributed by atoms with van der Waals surface area (Å²) >= 11 is 0. The van der Waals surface area contributed by atoms with E-state index in [1.165, 1.54) is 5.56 Å². The van der Waals surface area contributed by atoms with Gasteiger partial charge in [-0.15, -0.1) is 0 Å². The molecule has 23 heavy (non-hydrogen) atoms. The number of aromatic nitrogens is 4. The van der Waals surface area contributed by atoms with E-state index in [4.69, 9.17) is 9.47 Å². The first-order valence-corrected chi connectivity index (χ1v) is 7.86. The number of anilines is 1. The van der Waals surface area contributed by atoms with Gasteiger partial charge in [-0.1, -0.05) is 0 Å². The van der Waals surface area contributed by atoms with Gasteiger partial charge in [-0.3, -0.25) is 5.10 Å². The van der Waals surface area contributed by atoms with E-state index >= 15 is 0 Å². The molecular weight excluding hydrogens is 294 g/mol. The van der Waals surface area contributed by atoms with Gasteiger partial charge < -0.3 is 14.8 Å². The summed E-state index contributed by atoms with van der Waals surface area (Å²) in [6, 6.07) is 2.02. The molecule has 0 saturated carbocycles. The Kier molecular flexibility index (Phi) is 4.88. The number of methoxy groups -OCH3 is 1. The number of ether oxygens (including phenoxy) is 2. The Morgan fingerprint density at radius 1 is 1.39 bits per heavy atom. The molecule has 0 aromatic carbocycles. The van der Waals surface area contributed by atoms with Crippen LogP contribution in [0.2, 0.25) is 0 Å². The van der Waals surface area contributed by atoms with E-state index in [-0.39, 0.29) is 0 Å². The molecule has 0 radical (unpaired) electrons. The van der Waals surface area contributed by atoms with Gasteiger partial charge in [0.05, 0.1) is 18.0 Å². The van der Waals surface area contributed by atoms with Crippen molar-refractivity contribution in [2.75, 3.05) is 25.6 Å². The number of aryl methyl sites for hydroxylation is 2. The van der Waals surface area contributed by atoms with Crippen molar-refractivity contribution < 1.29 is 9.47 Å². The van der Waals surface area contributed by atoms with Gasteiger partial charge in [0.1, 0.15) is 12.4 Å². The van der Waals surface area contributed by atoms with E-state index in [0.717, 1.165) is 42.5 Å². The summed E-state index contributed by atoms with van der Waals surface area (Å²) in [6.07, 6.45) is 1.00. The van der Waals surface area contributed by atoms with Gasteiger partial charge in [-0.05, 0) is 20.3 Å². The minimum absolute atomic E-state index is 0.339. The minimum atomic E-state index is 0.339. The highest BCUT2D eigenvalue weighted by atomic mass is 16.5. The van der Waals surface area contributed by atoms with Gasteiger partial charge in [0, 0.05) is 43.5 Å². The van der Waals surface area contributed by atoms with Crippen molar-refractivity contribution in [3.05, 3.63) is 34.5 Å². The predicted molar refractivity (Wildman–Crippen MR) is 86.3 cm³/mol. The molecule has 2 aromatic heterocycles. The predicted octanol–water partition coefficient (Wildman–Crippen LogP) is 2.08. The highest BCUT2D eigenvalue weighted by Gasteiger charge is 2.21. The normalized spacial score (nSPS) is 17.6. The molecule has 2 N–H and O–H groups in total. The fraction of sp³-hybridized carbons (Fsp3) is 0.562. The molecule has 1 aliphatic rings. The number of nitrogens with zero attached hydrogens (tertiary/aromatic N) is 3. The lowest BCUT2D eigenvalue weighted by molar-refractivity contribution is 0.177. The second-order valence-electron chi connectivity index (χ2n) is 5.85. The third-order valence-electron chi connectivity index (χ3n) is 4.14. The van der Waals surface area contributed by atoms with Crippen LogP contribution in [0, 0.1) is 13.8 Å². The van der Waals surface area contributed by atoms with Crippen molar-refractivity contribution in [2.24, 2.45) is 0 Å². The monoisotopic (exact) mass is 317 g/mol. The van der Waals surface area contributed by atoms with Crippen LogP contribution in [-0.4, -0.2) is 40.5 Å². The first kappa shape index (κ1) is 15.9. The maximum absolute atomic E-state index is 5.48. The lowest BCUT2D eigenvalue weighted by Crippen LogP contribution is -2.10. The number of hydrogen-bond acceptors (Lipinski definition) is 6. The zero-order chi connectivity index (χ0) is 16.2. The second kappa shape index (κ2) is 7.06. The third-order valence-corrected chi connectivity index (χ3v) is 4.14. The fourth-order valence-corrected chi connectivity index (χ4v) is 2.79. The van der Waals surface area contributed by atoms with Gasteiger partial charge in [0.2, 0.25) is 0 Å². The molecule has 1 aliphatic heterocycles. The molecule has 3 heterocycles. The Hall–Kier alpha value is -1.99. The van der Waals surface area contributed by atoms with Crippen LogP contribution in [0.5, 0.6) is 0 Å². The summed E-state index contributed by atoms with van der Waals surface area (Å²) in [7, 11) is 1.65. The summed E-state index contributed by atoms with van der Waals surface area (Å²) in [5.41, 5.74) is 4.27. The van der Waals surface area contributed by atoms with Crippen LogP contribution in [0.4, 0.5) is 5.82 Å². The minimum Gasteiger partial charge on any atom is -0.381 e. The second-order valence-corrected chi connectivity index (χ2v) is 5.85. The van der Waals surface area contributed by atoms with Crippen molar-refractivity contribution in [2.45, 2.75) is 39.3 Å². The van der Waals surface area contributed by atoms with Crippen molar-refractivity contribution in [1.29, 1.82) is 0 Å². The smallest absolute Gasteiger partial charge is 0.156 e. The highest BCUT2D eigenvalue weighted by molar-refractivity contribution is 5.39. The number of rotatable bonds is 6. The summed E-state index contributed by atoms with van der Waals surface area (Å²) in [5.74, 6) is 1.85. The first-order chi connectivity index (χ1) is 11.2.